The van der Waals surface area contributed by atoms with E-state index in [-0.39, 0.29) is 30.7 Å². The lowest BCUT2D eigenvalue weighted by Crippen LogP contribution is -2.26. The Bertz CT molecular complexity index is 679. The Morgan fingerprint density at radius 1 is 1.08 bits per heavy atom. The Morgan fingerprint density at radius 3 is 2.58 bits per heavy atom. The van der Waals surface area contributed by atoms with Crippen LogP contribution in [0.25, 0.3) is 0 Å². The van der Waals surface area contributed by atoms with Gasteiger partial charge in [-0.05, 0) is 36.7 Å². The fourth-order valence-electron chi connectivity index (χ4n) is 2.91. The van der Waals surface area contributed by atoms with Crippen LogP contribution in [0.1, 0.15) is 11.1 Å². The van der Waals surface area contributed by atoms with E-state index in [9.17, 15) is 4.79 Å². The minimum absolute atomic E-state index is 0. The zero-order chi connectivity index (χ0) is 15.4. The lowest BCUT2D eigenvalue weighted by molar-refractivity contribution is -0.115. The Balaban J connectivity index is 0.00000144. The number of nitrogens with zero attached hydrogens (tertiary/aromatic N) is 1. The van der Waals surface area contributed by atoms with E-state index < -0.39 is 0 Å². The molecule has 130 valence electrons. The molecule has 0 bridgehead atoms. The molecule has 24 heavy (non-hydrogen) atoms. The van der Waals surface area contributed by atoms with E-state index in [1.165, 1.54) is 11.3 Å². The van der Waals surface area contributed by atoms with Crippen molar-refractivity contribution < 1.29 is 4.79 Å². The second kappa shape index (κ2) is 9.52. The molecule has 1 aliphatic rings. The number of hydrogen-bond acceptors (Lipinski definition) is 3. The maximum atomic E-state index is 11.8. The molecule has 0 saturated heterocycles. The topological polar surface area (TPSA) is 44.4 Å². The van der Waals surface area contributed by atoms with Crippen molar-refractivity contribution >= 4 is 42.1 Å². The molecular formula is C18H23Cl2N3O. The van der Waals surface area contributed by atoms with Crippen LogP contribution in [0.3, 0.4) is 0 Å². The summed E-state index contributed by atoms with van der Waals surface area (Å²) in [6.07, 6.45) is 1.09. The average Bonchev–Trinajstić information content (AvgIpc) is 2.93. The summed E-state index contributed by atoms with van der Waals surface area (Å²) < 4.78 is 0. The molecule has 0 aliphatic carbocycles. The Hall–Kier alpha value is -1.75. The smallest absolute Gasteiger partial charge is 0.238 e. The van der Waals surface area contributed by atoms with E-state index in [4.69, 9.17) is 0 Å². The number of benzene rings is 2. The maximum Gasteiger partial charge on any atom is 0.238 e. The number of carbonyl (C=O) groups is 1. The molecule has 1 heterocycles. The molecule has 0 radical (unpaired) electrons. The van der Waals surface area contributed by atoms with Crippen molar-refractivity contribution in [3.63, 3.8) is 0 Å². The number of carbonyl (C=O) groups excluding carboxylic acids is 1. The van der Waals surface area contributed by atoms with E-state index in [0.717, 1.165) is 30.8 Å². The summed E-state index contributed by atoms with van der Waals surface area (Å²) in [5, 5.41) is 5.85. The van der Waals surface area contributed by atoms with E-state index in [1.807, 2.05) is 18.2 Å². The summed E-state index contributed by atoms with van der Waals surface area (Å²) in [6.45, 7) is 2.16. The summed E-state index contributed by atoms with van der Waals surface area (Å²) in [5.74, 6) is -0.0169. The van der Waals surface area contributed by atoms with E-state index in [1.54, 1.807) is 7.05 Å². The fourth-order valence-corrected chi connectivity index (χ4v) is 2.91. The number of anilines is 2. The minimum Gasteiger partial charge on any atom is -0.367 e. The monoisotopic (exact) mass is 367 g/mol. The van der Waals surface area contributed by atoms with Crippen LogP contribution in [-0.2, 0) is 17.8 Å². The largest absolute Gasteiger partial charge is 0.367 e. The predicted molar refractivity (Wildman–Crippen MR) is 105 cm³/mol. The van der Waals surface area contributed by atoms with Crippen LogP contribution in [0.2, 0.25) is 0 Å². The van der Waals surface area contributed by atoms with Gasteiger partial charge in [0.15, 0.2) is 0 Å². The number of para-hydroxylation sites is 2. The highest BCUT2D eigenvalue weighted by atomic mass is 35.5. The third kappa shape index (κ3) is 4.63. The van der Waals surface area contributed by atoms with Gasteiger partial charge in [-0.2, -0.15) is 0 Å². The van der Waals surface area contributed by atoms with Gasteiger partial charge in [-0.25, -0.2) is 0 Å². The summed E-state index contributed by atoms with van der Waals surface area (Å²) in [6, 6.07) is 16.6. The van der Waals surface area contributed by atoms with Crippen LogP contribution < -0.4 is 15.5 Å². The van der Waals surface area contributed by atoms with Crippen molar-refractivity contribution in [2.45, 2.75) is 13.0 Å². The first kappa shape index (κ1) is 20.3. The van der Waals surface area contributed by atoms with Gasteiger partial charge in [0.05, 0.1) is 6.54 Å². The molecule has 2 aromatic carbocycles. The Labute approximate surface area is 155 Å². The third-order valence-corrected chi connectivity index (χ3v) is 3.97. The molecular weight excluding hydrogens is 345 g/mol. The molecule has 1 aliphatic heterocycles. The Kier molecular flexibility index (Phi) is 8.05. The number of hydrogen-bond donors (Lipinski definition) is 2. The second-order valence-electron chi connectivity index (χ2n) is 5.54. The number of rotatable bonds is 5. The quantitative estimate of drug-likeness (QED) is 0.852. The summed E-state index contributed by atoms with van der Waals surface area (Å²) >= 11 is 0. The highest BCUT2D eigenvalue weighted by Crippen LogP contribution is 2.30. The van der Waals surface area contributed by atoms with Gasteiger partial charge in [-0.15, -0.1) is 24.8 Å². The molecule has 6 heteroatoms. The number of nitrogens with one attached hydrogen (secondary N) is 2. The van der Waals surface area contributed by atoms with Gasteiger partial charge in [0.2, 0.25) is 5.91 Å². The van der Waals surface area contributed by atoms with Crippen molar-refractivity contribution in [1.82, 2.24) is 5.32 Å². The molecule has 0 unspecified atom stereocenters. The molecule has 3 rings (SSSR count). The van der Waals surface area contributed by atoms with Crippen LogP contribution in [0.15, 0.2) is 48.5 Å². The van der Waals surface area contributed by atoms with Crippen LogP contribution in [-0.4, -0.2) is 26.0 Å². The normalized spacial score (nSPS) is 12.0. The number of fused-ring (bicyclic) bond motifs is 1. The van der Waals surface area contributed by atoms with Crippen LogP contribution in [0.4, 0.5) is 11.4 Å². The molecule has 0 aromatic heterocycles. The van der Waals surface area contributed by atoms with E-state index >= 15 is 0 Å². The SMILES string of the molecule is CNCC(=O)Nc1ccccc1CN1CCc2ccccc21.Cl.Cl. The number of halogens is 2. The number of likely N-dealkylation sites (N-methyl/N-ethyl adjacent to an activating group) is 1. The molecule has 0 fully saturated rings. The lowest BCUT2D eigenvalue weighted by Gasteiger charge is -2.21. The van der Waals surface area contributed by atoms with Crippen molar-refractivity contribution in [2.75, 3.05) is 30.4 Å². The lowest BCUT2D eigenvalue weighted by atomic mass is 10.1. The zero-order valence-corrected chi connectivity index (χ0v) is 15.3. The molecule has 0 atom stereocenters. The molecule has 0 spiro atoms. The highest BCUT2D eigenvalue weighted by Gasteiger charge is 2.19. The van der Waals surface area contributed by atoms with Gasteiger partial charge < -0.3 is 15.5 Å². The first-order chi connectivity index (χ1) is 10.8. The minimum atomic E-state index is -0.0169. The van der Waals surface area contributed by atoms with E-state index in [0.29, 0.717) is 6.54 Å². The first-order valence-corrected chi connectivity index (χ1v) is 7.63. The molecule has 2 aromatic rings. The molecule has 2 N–H and O–H groups in total. The van der Waals surface area contributed by atoms with E-state index in [2.05, 4.69) is 45.9 Å². The van der Waals surface area contributed by atoms with Gasteiger partial charge in [-0.1, -0.05) is 36.4 Å². The highest BCUT2D eigenvalue weighted by molar-refractivity contribution is 5.93. The average molecular weight is 368 g/mol. The van der Waals surface area contributed by atoms with Crippen molar-refractivity contribution in [3.8, 4) is 0 Å². The molecule has 1 amide bonds. The summed E-state index contributed by atoms with van der Waals surface area (Å²) in [7, 11) is 1.77. The first-order valence-electron chi connectivity index (χ1n) is 7.63. The van der Waals surface area contributed by atoms with Crippen LogP contribution >= 0.6 is 24.8 Å². The fraction of sp³-hybridized carbons (Fsp3) is 0.278. The predicted octanol–water partition coefficient (Wildman–Crippen LogP) is 3.25. The van der Waals surface area contributed by atoms with Gasteiger partial charge in [-0.3, -0.25) is 4.79 Å². The number of amides is 1. The summed E-state index contributed by atoms with van der Waals surface area (Å²) in [5.41, 5.74) is 4.74. The summed E-state index contributed by atoms with van der Waals surface area (Å²) in [4.78, 5) is 14.2. The molecule has 4 nitrogen and oxygen atoms in total. The maximum absolute atomic E-state index is 11.8. The third-order valence-electron chi connectivity index (χ3n) is 3.97. The van der Waals surface area contributed by atoms with Crippen molar-refractivity contribution in [2.24, 2.45) is 0 Å². The standard InChI is InChI=1S/C18H21N3O.2ClH/c1-19-12-18(22)20-16-8-4-2-7-15(16)13-21-11-10-14-6-3-5-9-17(14)21;;/h2-9,19H,10-13H2,1H3,(H,20,22);2*1H. The van der Waals surface area contributed by atoms with Crippen LogP contribution in [0.5, 0.6) is 0 Å². The van der Waals surface area contributed by atoms with Gasteiger partial charge in [0, 0.05) is 24.5 Å². The van der Waals surface area contributed by atoms with Gasteiger partial charge >= 0.3 is 0 Å². The van der Waals surface area contributed by atoms with Crippen molar-refractivity contribution in [1.29, 1.82) is 0 Å². The second-order valence-corrected chi connectivity index (χ2v) is 5.54. The van der Waals surface area contributed by atoms with Gasteiger partial charge in [0.25, 0.3) is 0 Å². The zero-order valence-electron chi connectivity index (χ0n) is 13.6. The van der Waals surface area contributed by atoms with Crippen molar-refractivity contribution in [3.05, 3.63) is 59.7 Å². The van der Waals surface area contributed by atoms with Gasteiger partial charge in [0.1, 0.15) is 0 Å². The Morgan fingerprint density at radius 2 is 1.79 bits per heavy atom. The van der Waals surface area contributed by atoms with Crippen LogP contribution in [0, 0.1) is 0 Å². The molecule has 0 saturated carbocycles.